The van der Waals surface area contributed by atoms with Gasteiger partial charge in [0, 0.05) is 11.1 Å². The van der Waals surface area contributed by atoms with Gasteiger partial charge in [-0.1, -0.05) is 72.3 Å². The number of halogens is 1. The van der Waals surface area contributed by atoms with Crippen LogP contribution in [0.25, 0.3) is 38.7 Å². The molecule has 138 valence electrons. The Hall–Kier alpha value is -3.10. The molecule has 0 N–H and O–H groups in total. The highest BCUT2D eigenvalue weighted by Gasteiger charge is 2.14. The number of carbonyl (C=O) groups is 1. The maximum absolute atomic E-state index is 11.9. The number of ether oxygens (including phenoxy) is 1. The van der Waals surface area contributed by atoms with Crippen LogP contribution in [0.5, 0.6) is 0 Å². The Labute approximate surface area is 169 Å². The second kappa shape index (κ2) is 7.87. The van der Waals surface area contributed by atoms with Gasteiger partial charge in [0.1, 0.15) is 0 Å². The van der Waals surface area contributed by atoms with E-state index in [1.54, 1.807) is 6.92 Å². The van der Waals surface area contributed by atoms with Crippen molar-refractivity contribution in [3.8, 4) is 11.1 Å². The van der Waals surface area contributed by atoms with Gasteiger partial charge in [-0.3, -0.25) is 0 Å². The molecular formula is C25H19ClO2. The minimum Gasteiger partial charge on any atom is -0.463 e. The topological polar surface area (TPSA) is 26.3 Å². The molecule has 4 aromatic rings. The molecule has 4 aromatic carbocycles. The van der Waals surface area contributed by atoms with Gasteiger partial charge < -0.3 is 4.74 Å². The molecule has 2 nitrogen and oxygen atoms in total. The average Bonchev–Trinajstić information content (AvgIpc) is 2.72. The van der Waals surface area contributed by atoms with Gasteiger partial charge in [-0.2, -0.15) is 0 Å². The Morgan fingerprint density at radius 1 is 0.857 bits per heavy atom. The van der Waals surface area contributed by atoms with Crippen LogP contribution < -0.4 is 0 Å². The molecule has 0 radical (unpaired) electrons. The van der Waals surface area contributed by atoms with Crippen LogP contribution in [0.15, 0.2) is 78.9 Å². The SMILES string of the molecule is CCOC(=O)/C=C/c1c2ccccc2c(-c2ccc(Cl)cc2)c2ccccc12. The van der Waals surface area contributed by atoms with Crippen molar-refractivity contribution in [2.75, 3.05) is 6.61 Å². The van der Waals surface area contributed by atoms with Crippen molar-refractivity contribution in [3.63, 3.8) is 0 Å². The first-order valence-electron chi connectivity index (χ1n) is 9.23. The predicted molar refractivity (Wildman–Crippen MR) is 118 cm³/mol. The molecule has 0 aliphatic heterocycles. The third kappa shape index (κ3) is 3.39. The molecule has 0 heterocycles. The molecule has 0 fully saturated rings. The van der Waals surface area contributed by atoms with Crippen LogP contribution in [0.1, 0.15) is 12.5 Å². The molecule has 0 unspecified atom stereocenters. The smallest absolute Gasteiger partial charge is 0.330 e. The van der Waals surface area contributed by atoms with Gasteiger partial charge in [0.2, 0.25) is 0 Å². The number of hydrogen-bond donors (Lipinski definition) is 0. The summed E-state index contributed by atoms with van der Waals surface area (Å²) in [6, 6.07) is 24.4. The van der Waals surface area contributed by atoms with E-state index in [0.717, 1.165) is 38.2 Å². The third-order valence-electron chi connectivity index (χ3n) is 4.78. The van der Waals surface area contributed by atoms with Gasteiger partial charge in [0.05, 0.1) is 6.61 Å². The van der Waals surface area contributed by atoms with E-state index in [1.165, 1.54) is 6.08 Å². The van der Waals surface area contributed by atoms with Crippen LogP contribution in [-0.4, -0.2) is 12.6 Å². The summed E-state index contributed by atoms with van der Waals surface area (Å²) in [7, 11) is 0. The lowest BCUT2D eigenvalue weighted by Crippen LogP contribution is -1.99. The van der Waals surface area contributed by atoms with E-state index in [0.29, 0.717) is 11.6 Å². The van der Waals surface area contributed by atoms with Crippen LogP contribution in [0.3, 0.4) is 0 Å². The van der Waals surface area contributed by atoms with Gasteiger partial charge in [0.25, 0.3) is 0 Å². The zero-order valence-corrected chi connectivity index (χ0v) is 16.2. The van der Waals surface area contributed by atoms with Gasteiger partial charge >= 0.3 is 5.97 Å². The zero-order chi connectivity index (χ0) is 19.5. The molecule has 0 aromatic heterocycles. The van der Waals surface area contributed by atoms with E-state index < -0.39 is 0 Å². The number of fused-ring (bicyclic) bond motifs is 2. The van der Waals surface area contributed by atoms with E-state index in [9.17, 15) is 4.79 Å². The van der Waals surface area contributed by atoms with E-state index in [-0.39, 0.29) is 5.97 Å². The lowest BCUT2D eigenvalue weighted by molar-refractivity contribution is -0.137. The summed E-state index contributed by atoms with van der Waals surface area (Å²) in [6.07, 6.45) is 3.36. The first kappa shape index (κ1) is 18.3. The fourth-order valence-corrected chi connectivity index (χ4v) is 3.74. The summed E-state index contributed by atoms with van der Waals surface area (Å²) in [4.78, 5) is 11.9. The molecule has 0 saturated heterocycles. The van der Waals surface area contributed by atoms with E-state index >= 15 is 0 Å². The fourth-order valence-electron chi connectivity index (χ4n) is 3.61. The molecule has 28 heavy (non-hydrogen) atoms. The minimum atomic E-state index is -0.336. The molecule has 0 aliphatic carbocycles. The molecular weight excluding hydrogens is 368 g/mol. The van der Waals surface area contributed by atoms with Crippen molar-refractivity contribution in [3.05, 3.63) is 89.5 Å². The average molecular weight is 387 g/mol. The predicted octanol–water partition coefficient (Wildman–Crippen LogP) is 6.89. The lowest BCUT2D eigenvalue weighted by Gasteiger charge is -2.15. The Balaban J connectivity index is 2.05. The van der Waals surface area contributed by atoms with Crippen molar-refractivity contribution in [1.29, 1.82) is 0 Å². The summed E-state index contributed by atoms with van der Waals surface area (Å²) >= 11 is 6.10. The number of benzene rings is 4. The number of esters is 1. The van der Waals surface area contributed by atoms with Gasteiger partial charge in [-0.15, -0.1) is 0 Å². The first-order chi connectivity index (χ1) is 13.7. The molecule has 0 aliphatic rings. The summed E-state index contributed by atoms with van der Waals surface area (Å²) < 4.78 is 5.05. The van der Waals surface area contributed by atoms with E-state index in [2.05, 4.69) is 24.3 Å². The molecule has 0 spiro atoms. The van der Waals surface area contributed by atoms with E-state index in [4.69, 9.17) is 16.3 Å². The van der Waals surface area contributed by atoms with Crippen LogP contribution >= 0.6 is 11.6 Å². The summed E-state index contributed by atoms with van der Waals surface area (Å²) in [5.74, 6) is -0.336. The fraction of sp³-hybridized carbons (Fsp3) is 0.0800. The number of carbonyl (C=O) groups excluding carboxylic acids is 1. The standard InChI is InChI=1S/C25H19ClO2/c1-2-28-24(27)16-15-21-19-7-3-5-9-22(19)25(17-11-13-18(26)14-12-17)23-10-6-4-8-20(21)23/h3-16H,2H2,1H3/b16-15+. The van der Waals surface area contributed by atoms with Crippen molar-refractivity contribution in [2.24, 2.45) is 0 Å². The minimum absolute atomic E-state index is 0.336. The first-order valence-corrected chi connectivity index (χ1v) is 9.61. The molecule has 0 atom stereocenters. The maximum atomic E-state index is 11.9. The molecule has 3 heteroatoms. The number of rotatable bonds is 4. The zero-order valence-electron chi connectivity index (χ0n) is 15.5. The Morgan fingerprint density at radius 2 is 1.39 bits per heavy atom. The van der Waals surface area contributed by atoms with Crippen LogP contribution in [0.4, 0.5) is 0 Å². The second-order valence-corrected chi connectivity index (χ2v) is 6.91. The van der Waals surface area contributed by atoms with Crippen molar-refractivity contribution < 1.29 is 9.53 Å². The summed E-state index contributed by atoms with van der Waals surface area (Å²) in [5, 5.41) is 5.16. The Kier molecular flexibility index (Phi) is 5.14. The highest BCUT2D eigenvalue weighted by atomic mass is 35.5. The Bertz CT molecular complexity index is 1130. The highest BCUT2D eigenvalue weighted by Crippen LogP contribution is 2.39. The van der Waals surface area contributed by atoms with Crippen LogP contribution in [-0.2, 0) is 9.53 Å². The Morgan fingerprint density at radius 3 is 1.93 bits per heavy atom. The third-order valence-corrected chi connectivity index (χ3v) is 5.03. The molecule has 0 bridgehead atoms. The van der Waals surface area contributed by atoms with Crippen LogP contribution in [0, 0.1) is 0 Å². The highest BCUT2D eigenvalue weighted by molar-refractivity contribution is 6.30. The van der Waals surface area contributed by atoms with Gasteiger partial charge in [-0.05, 0) is 63.4 Å². The van der Waals surface area contributed by atoms with Crippen LogP contribution in [0.2, 0.25) is 5.02 Å². The molecule has 0 amide bonds. The number of hydrogen-bond acceptors (Lipinski definition) is 2. The normalized spacial score (nSPS) is 11.4. The van der Waals surface area contributed by atoms with Crippen molar-refractivity contribution >= 4 is 45.2 Å². The molecule has 4 rings (SSSR count). The monoisotopic (exact) mass is 386 g/mol. The lowest BCUT2D eigenvalue weighted by atomic mass is 9.88. The summed E-state index contributed by atoms with van der Waals surface area (Å²) in [6.45, 7) is 2.16. The summed E-state index contributed by atoms with van der Waals surface area (Å²) in [5.41, 5.74) is 3.28. The van der Waals surface area contributed by atoms with Crippen molar-refractivity contribution in [2.45, 2.75) is 6.92 Å². The molecule has 0 saturated carbocycles. The maximum Gasteiger partial charge on any atom is 0.330 e. The quantitative estimate of drug-likeness (QED) is 0.217. The largest absolute Gasteiger partial charge is 0.463 e. The van der Waals surface area contributed by atoms with Crippen molar-refractivity contribution in [1.82, 2.24) is 0 Å². The van der Waals surface area contributed by atoms with E-state index in [1.807, 2.05) is 54.6 Å². The second-order valence-electron chi connectivity index (χ2n) is 6.47. The van der Waals surface area contributed by atoms with Gasteiger partial charge in [-0.25, -0.2) is 4.79 Å². The van der Waals surface area contributed by atoms with Gasteiger partial charge in [0.15, 0.2) is 0 Å².